The summed E-state index contributed by atoms with van der Waals surface area (Å²) in [7, 11) is 4.44. The van der Waals surface area contributed by atoms with Crippen LogP contribution in [0.4, 0.5) is 5.69 Å². The Morgan fingerprint density at radius 2 is 1.89 bits per heavy atom. The topological polar surface area (TPSA) is 56.8 Å². The Morgan fingerprint density at radius 1 is 1.22 bits per heavy atom. The molecule has 0 amide bonds. The number of rotatable bonds is 6. The fourth-order valence-corrected chi connectivity index (χ4v) is 1.64. The van der Waals surface area contributed by atoms with Crippen LogP contribution < -0.4 is 14.8 Å². The summed E-state index contributed by atoms with van der Waals surface area (Å²) in [5.41, 5.74) is 0.701. The Balaban J connectivity index is 2.75. The van der Waals surface area contributed by atoms with Crippen LogP contribution in [0.3, 0.4) is 0 Å². The molecule has 5 nitrogen and oxygen atoms in total. The van der Waals surface area contributed by atoms with E-state index >= 15 is 0 Å². The summed E-state index contributed by atoms with van der Waals surface area (Å²) in [6.07, 6.45) is 0.267. The van der Waals surface area contributed by atoms with Crippen molar-refractivity contribution >= 4 is 23.3 Å². The van der Waals surface area contributed by atoms with Crippen molar-refractivity contribution in [2.75, 3.05) is 33.2 Å². The van der Waals surface area contributed by atoms with Gasteiger partial charge in [0.25, 0.3) is 0 Å². The molecule has 18 heavy (non-hydrogen) atoms. The molecule has 0 fully saturated rings. The van der Waals surface area contributed by atoms with Gasteiger partial charge in [0.05, 0.1) is 38.5 Å². The minimum atomic E-state index is -0.277. The third kappa shape index (κ3) is 3.70. The van der Waals surface area contributed by atoms with Gasteiger partial charge in [-0.25, -0.2) is 0 Å². The first-order valence-electron chi connectivity index (χ1n) is 5.34. The zero-order chi connectivity index (χ0) is 13.5. The number of nitrogens with one attached hydrogen (secondary N) is 1. The van der Waals surface area contributed by atoms with Crippen molar-refractivity contribution in [2.24, 2.45) is 0 Å². The van der Waals surface area contributed by atoms with Crippen molar-refractivity contribution in [3.8, 4) is 11.5 Å². The Bertz CT molecular complexity index is 423. The molecule has 0 bridgehead atoms. The average Bonchev–Trinajstić information content (AvgIpc) is 2.38. The maximum atomic E-state index is 11.0. The molecule has 1 rings (SSSR count). The highest BCUT2D eigenvalue weighted by atomic mass is 35.5. The van der Waals surface area contributed by atoms with Gasteiger partial charge in [0.1, 0.15) is 11.5 Å². The van der Waals surface area contributed by atoms with Gasteiger partial charge in [-0.3, -0.25) is 4.79 Å². The Labute approximate surface area is 111 Å². The van der Waals surface area contributed by atoms with Crippen LogP contribution in [-0.2, 0) is 9.53 Å². The molecule has 1 N–H and O–H groups in total. The standard InChI is InChI=1S/C12H16ClNO4/c1-16-10-7-11(17-2)9(6-8(10)13)14-5-4-12(15)18-3/h6-7,14H,4-5H2,1-3H3. The summed E-state index contributed by atoms with van der Waals surface area (Å²) < 4.78 is 14.8. The van der Waals surface area contributed by atoms with E-state index in [2.05, 4.69) is 10.1 Å². The molecule has 0 aromatic heterocycles. The smallest absolute Gasteiger partial charge is 0.307 e. The molecule has 100 valence electrons. The first-order chi connectivity index (χ1) is 8.62. The number of carbonyl (C=O) groups is 1. The molecule has 6 heteroatoms. The summed E-state index contributed by atoms with van der Waals surface area (Å²) in [6.45, 7) is 0.436. The van der Waals surface area contributed by atoms with Crippen LogP contribution >= 0.6 is 11.6 Å². The fourth-order valence-electron chi connectivity index (χ4n) is 1.40. The van der Waals surface area contributed by atoms with Gasteiger partial charge < -0.3 is 19.5 Å². The third-order valence-corrected chi connectivity index (χ3v) is 2.64. The Morgan fingerprint density at radius 3 is 2.44 bits per heavy atom. The lowest BCUT2D eigenvalue weighted by atomic mass is 10.2. The number of benzene rings is 1. The predicted molar refractivity (Wildman–Crippen MR) is 69.7 cm³/mol. The molecule has 1 aromatic rings. The number of hydrogen-bond donors (Lipinski definition) is 1. The van der Waals surface area contributed by atoms with Crippen LogP contribution in [0.2, 0.25) is 5.02 Å². The average molecular weight is 274 g/mol. The van der Waals surface area contributed by atoms with Gasteiger partial charge in [-0.2, -0.15) is 0 Å². The van der Waals surface area contributed by atoms with Crippen molar-refractivity contribution in [1.29, 1.82) is 0 Å². The van der Waals surface area contributed by atoms with Gasteiger partial charge >= 0.3 is 5.97 Å². The van der Waals surface area contributed by atoms with Gasteiger partial charge in [-0.05, 0) is 6.07 Å². The summed E-state index contributed by atoms with van der Waals surface area (Å²) >= 11 is 6.02. The van der Waals surface area contributed by atoms with E-state index in [4.69, 9.17) is 21.1 Å². The highest BCUT2D eigenvalue weighted by Crippen LogP contribution is 2.35. The van der Waals surface area contributed by atoms with Crippen LogP contribution in [0, 0.1) is 0 Å². The van der Waals surface area contributed by atoms with E-state index < -0.39 is 0 Å². The molecule has 0 aliphatic heterocycles. The van der Waals surface area contributed by atoms with Gasteiger partial charge in [-0.15, -0.1) is 0 Å². The normalized spacial score (nSPS) is 9.78. The second-order valence-electron chi connectivity index (χ2n) is 3.44. The highest BCUT2D eigenvalue weighted by Gasteiger charge is 2.10. The third-order valence-electron chi connectivity index (χ3n) is 2.35. The van der Waals surface area contributed by atoms with Crippen LogP contribution in [-0.4, -0.2) is 33.8 Å². The number of halogens is 1. The number of esters is 1. The van der Waals surface area contributed by atoms with Gasteiger partial charge in [0.15, 0.2) is 0 Å². The zero-order valence-corrected chi connectivity index (χ0v) is 11.3. The molecule has 0 radical (unpaired) electrons. The molecular weight excluding hydrogens is 258 g/mol. The number of methoxy groups -OCH3 is 3. The molecule has 0 spiro atoms. The molecular formula is C12H16ClNO4. The predicted octanol–water partition coefficient (Wildman–Crippen LogP) is 2.33. The Kier molecular flexibility index (Phi) is 5.58. The van der Waals surface area contributed by atoms with Crippen LogP contribution in [0.1, 0.15) is 6.42 Å². The first kappa shape index (κ1) is 14.4. The number of hydrogen-bond acceptors (Lipinski definition) is 5. The SMILES string of the molecule is COC(=O)CCNc1cc(Cl)c(OC)cc1OC. The molecule has 0 saturated carbocycles. The van der Waals surface area contributed by atoms with E-state index in [0.29, 0.717) is 28.8 Å². The summed E-state index contributed by atoms with van der Waals surface area (Å²) in [6, 6.07) is 3.37. The van der Waals surface area contributed by atoms with E-state index in [1.807, 2.05) is 0 Å². The van der Waals surface area contributed by atoms with Crippen molar-refractivity contribution in [3.05, 3.63) is 17.2 Å². The maximum Gasteiger partial charge on any atom is 0.307 e. The van der Waals surface area contributed by atoms with Gasteiger partial charge in [-0.1, -0.05) is 11.6 Å². The minimum Gasteiger partial charge on any atom is -0.495 e. The van der Waals surface area contributed by atoms with E-state index in [-0.39, 0.29) is 12.4 Å². The molecule has 1 aromatic carbocycles. The summed E-state index contributed by atoms with van der Waals surface area (Å²) in [5, 5.41) is 3.53. The number of anilines is 1. The summed E-state index contributed by atoms with van der Waals surface area (Å²) in [5.74, 6) is 0.856. The lowest BCUT2D eigenvalue weighted by molar-refractivity contribution is -0.140. The van der Waals surface area contributed by atoms with Crippen molar-refractivity contribution in [2.45, 2.75) is 6.42 Å². The van der Waals surface area contributed by atoms with E-state index in [1.165, 1.54) is 14.2 Å². The molecule has 0 heterocycles. The van der Waals surface area contributed by atoms with Gasteiger partial charge in [0.2, 0.25) is 0 Å². The van der Waals surface area contributed by atoms with Crippen LogP contribution in [0.5, 0.6) is 11.5 Å². The number of ether oxygens (including phenoxy) is 3. The second kappa shape index (κ2) is 6.96. The second-order valence-corrected chi connectivity index (χ2v) is 3.85. The lowest BCUT2D eigenvalue weighted by Gasteiger charge is -2.13. The lowest BCUT2D eigenvalue weighted by Crippen LogP contribution is -2.10. The van der Waals surface area contributed by atoms with E-state index in [9.17, 15) is 4.79 Å². The molecule has 0 aliphatic rings. The largest absolute Gasteiger partial charge is 0.495 e. The molecule has 0 unspecified atom stereocenters. The fraction of sp³-hybridized carbons (Fsp3) is 0.417. The monoisotopic (exact) mass is 273 g/mol. The molecule has 0 aliphatic carbocycles. The molecule has 0 atom stereocenters. The van der Waals surface area contributed by atoms with Crippen molar-refractivity contribution < 1.29 is 19.0 Å². The van der Waals surface area contributed by atoms with E-state index in [0.717, 1.165) is 0 Å². The van der Waals surface area contributed by atoms with Crippen LogP contribution in [0.15, 0.2) is 12.1 Å². The van der Waals surface area contributed by atoms with Crippen LogP contribution in [0.25, 0.3) is 0 Å². The van der Waals surface area contributed by atoms with Crippen molar-refractivity contribution in [3.63, 3.8) is 0 Å². The maximum absolute atomic E-state index is 11.0. The first-order valence-corrected chi connectivity index (χ1v) is 5.72. The summed E-state index contributed by atoms with van der Waals surface area (Å²) in [4.78, 5) is 11.0. The number of carbonyl (C=O) groups excluding carboxylic acids is 1. The zero-order valence-electron chi connectivity index (χ0n) is 10.6. The van der Waals surface area contributed by atoms with E-state index in [1.54, 1.807) is 19.2 Å². The van der Waals surface area contributed by atoms with Gasteiger partial charge in [0, 0.05) is 12.6 Å². The highest BCUT2D eigenvalue weighted by molar-refractivity contribution is 6.32. The quantitative estimate of drug-likeness (QED) is 0.806. The minimum absolute atomic E-state index is 0.267. The van der Waals surface area contributed by atoms with Crippen molar-refractivity contribution in [1.82, 2.24) is 0 Å². The molecule has 0 saturated heterocycles. The Hall–Kier alpha value is -1.62.